The quantitative estimate of drug-likeness (QED) is 0.681. The third kappa shape index (κ3) is 3.60. The second-order valence-corrected chi connectivity index (χ2v) is 6.87. The Morgan fingerprint density at radius 2 is 1.96 bits per heavy atom. The van der Waals surface area contributed by atoms with E-state index in [0.29, 0.717) is 22.8 Å². The van der Waals surface area contributed by atoms with Crippen molar-refractivity contribution in [3.8, 4) is 11.5 Å². The molecule has 1 atom stereocenters. The highest BCUT2D eigenvalue weighted by atomic mass is 32.2. The Hall–Kier alpha value is -2.18. The van der Waals surface area contributed by atoms with Gasteiger partial charge in [0.05, 0.1) is 31.4 Å². The van der Waals surface area contributed by atoms with Gasteiger partial charge in [-0.05, 0) is 42.8 Å². The molecule has 0 aliphatic heterocycles. The van der Waals surface area contributed by atoms with E-state index in [0.717, 1.165) is 16.2 Å². The number of hydrogen-bond acceptors (Lipinski definition) is 5. The molecule has 6 heteroatoms. The SMILES string of the molecule is COc1ccc(OC)c(C(O)CSc2nc3cc(C)ccc3n2C)c1. The van der Waals surface area contributed by atoms with Crippen LogP contribution in [0, 0.1) is 6.92 Å². The van der Waals surface area contributed by atoms with Crippen LogP contribution in [0.4, 0.5) is 0 Å². The Kier molecular flexibility index (Phi) is 5.20. The lowest BCUT2D eigenvalue weighted by Crippen LogP contribution is -2.05. The molecule has 1 heterocycles. The van der Waals surface area contributed by atoms with Gasteiger partial charge in [-0.3, -0.25) is 0 Å². The van der Waals surface area contributed by atoms with Crippen molar-refractivity contribution >= 4 is 22.8 Å². The number of imidazole rings is 1. The van der Waals surface area contributed by atoms with E-state index in [-0.39, 0.29) is 0 Å². The Bertz CT molecular complexity index is 892. The number of benzene rings is 2. The van der Waals surface area contributed by atoms with Crippen molar-refractivity contribution in [2.75, 3.05) is 20.0 Å². The molecule has 2 aromatic carbocycles. The van der Waals surface area contributed by atoms with Crippen molar-refractivity contribution < 1.29 is 14.6 Å². The molecule has 1 unspecified atom stereocenters. The maximum absolute atomic E-state index is 10.6. The standard InChI is InChI=1S/C19H22N2O3S/c1-12-5-7-16-15(9-12)20-19(21(16)2)25-11-17(22)14-10-13(23-3)6-8-18(14)24-4/h5-10,17,22H,11H2,1-4H3. The monoisotopic (exact) mass is 358 g/mol. The lowest BCUT2D eigenvalue weighted by Gasteiger charge is -2.15. The average molecular weight is 358 g/mol. The summed E-state index contributed by atoms with van der Waals surface area (Å²) in [6.45, 7) is 2.06. The van der Waals surface area contributed by atoms with Crippen LogP contribution in [0.3, 0.4) is 0 Å². The number of aryl methyl sites for hydroxylation is 2. The maximum Gasteiger partial charge on any atom is 0.168 e. The van der Waals surface area contributed by atoms with Gasteiger partial charge >= 0.3 is 0 Å². The highest BCUT2D eigenvalue weighted by molar-refractivity contribution is 7.99. The van der Waals surface area contributed by atoms with Gasteiger partial charge < -0.3 is 19.1 Å². The number of rotatable bonds is 6. The van der Waals surface area contributed by atoms with Gasteiger partial charge in [0.1, 0.15) is 11.5 Å². The average Bonchev–Trinajstić information content (AvgIpc) is 2.94. The third-order valence-corrected chi connectivity index (χ3v) is 5.27. The van der Waals surface area contributed by atoms with Gasteiger partial charge in [0.2, 0.25) is 0 Å². The Morgan fingerprint density at radius 1 is 1.16 bits per heavy atom. The molecule has 3 rings (SSSR count). The number of thioether (sulfide) groups is 1. The molecule has 0 aliphatic carbocycles. The van der Waals surface area contributed by atoms with Gasteiger partial charge in [-0.2, -0.15) is 0 Å². The number of methoxy groups -OCH3 is 2. The summed E-state index contributed by atoms with van der Waals surface area (Å²) in [7, 11) is 5.19. The zero-order valence-corrected chi connectivity index (χ0v) is 15.6. The molecule has 3 aromatic rings. The van der Waals surface area contributed by atoms with E-state index in [1.54, 1.807) is 20.3 Å². The molecule has 0 aliphatic rings. The molecule has 5 nitrogen and oxygen atoms in total. The van der Waals surface area contributed by atoms with Crippen molar-refractivity contribution in [1.82, 2.24) is 9.55 Å². The second kappa shape index (κ2) is 7.37. The van der Waals surface area contributed by atoms with Gasteiger partial charge in [0.25, 0.3) is 0 Å². The first kappa shape index (κ1) is 17.6. The lowest BCUT2D eigenvalue weighted by molar-refractivity contribution is 0.198. The zero-order chi connectivity index (χ0) is 18.0. The topological polar surface area (TPSA) is 56.5 Å². The van der Waals surface area contributed by atoms with E-state index in [4.69, 9.17) is 9.47 Å². The number of nitrogens with zero attached hydrogens (tertiary/aromatic N) is 2. The van der Waals surface area contributed by atoms with Crippen LogP contribution in [0.25, 0.3) is 11.0 Å². The second-order valence-electron chi connectivity index (χ2n) is 5.88. The summed E-state index contributed by atoms with van der Waals surface area (Å²) in [5.41, 5.74) is 3.95. The highest BCUT2D eigenvalue weighted by Gasteiger charge is 2.17. The molecule has 132 valence electrons. The van der Waals surface area contributed by atoms with E-state index in [1.807, 2.05) is 19.2 Å². The molecular formula is C19H22N2O3S. The van der Waals surface area contributed by atoms with Crippen molar-refractivity contribution in [3.63, 3.8) is 0 Å². The van der Waals surface area contributed by atoms with E-state index in [1.165, 1.54) is 17.3 Å². The smallest absolute Gasteiger partial charge is 0.168 e. The van der Waals surface area contributed by atoms with E-state index in [2.05, 4.69) is 34.7 Å². The fraction of sp³-hybridized carbons (Fsp3) is 0.316. The normalized spacial score (nSPS) is 12.4. The van der Waals surface area contributed by atoms with Crippen LogP contribution < -0.4 is 9.47 Å². The van der Waals surface area contributed by atoms with Gasteiger partial charge in [0.15, 0.2) is 5.16 Å². The van der Waals surface area contributed by atoms with Crippen LogP contribution in [0.2, 0.25) is 0 Å². The Labute approximate surface area is 151 Å². The first-order valence-electron chi connectivity index (χ1n) is 7.99. The molecule has 1 aromatic heterocycles. The van der Waals surface area contributed by atoms with Crippen LogP contribution in [-0.2, 0) is 7.05 Å². The molecule has 25 heavy (non-hydrogen) atoms. The minimum Gasteiger partial charge on any atom is -0.497 e. The maximum atomic E-state index is 10.6. The molecule has 0 amide bonds. The first-order chi connectivity index (χ1) is 12.0. The van der Waals surface area contributed by atoms with E-state index >= 15 is 0 Å². The largest absolute Gasteiger partial charge is 0.497 e. The Balaban J connectivity index is 1.81. The minimum absolute atomic E-state index is 0.472. The number of ether oxygens (including phenoxy) is 2. The van der Waals surface area contributed by atoms with E-state index in [9.17, 15) is 5.11 Å². The molecule has 0 saturated heterocycles. The summed E-state index contributed by atoms with van der Waals surface area (Å²) >= 11 is 1.52. The number of aromatic nitrogens is 2. The van der Waals surface area contributed by atoms with Crippen LogP contribution in [0.15, 0.2) is 41.6 Å². The molecule has 0 spiro atoms. The molecule has 0 saturated carbocycles. The van der Waals surface area contributed by atoms with Crippen LogP contribution in [0.5, 0.6) is 11.5 Å². The molecule has 0 radical (unpaired) electrons. The van der Waals surface area contributed by atoms with Gasteiger partial charge in [0, 0.05) is 18.4 Å². The summed E-state index contributed by atoms with van der Waals surface area (Å²) in [4.78, 5) is 4.67. The van der Waals surface area contributed by atoms with Crippen LogP contribution >= 0.6 is 11.8 Å². The van der Waals surface area contributed by atoms with Crippen LogP contribution in [-0.4, -0.2) is 34.6 Å². The first-order valence-corrected chi connectivity index (χ1v) is 8.98. The van der Waals surface area contributed by atoms with Crippen molar-refractivity contribution in [2.24, 2.45) is 7.05 Å². The van der Waals surface area contributed by atoms with Crippen molar-refractivity contribution in [2.45, 2.75) is 18.2 Å². The molecular weight excluding hydrogens is 336 g/mol. The summed E-state index contributed by atoms with van der Waals surface area (Å²) < 4.78 is 12.7. The number of fused-ring (bicyclic) bond motifs is 1. The molecule has 0 bridgehead atoms. The summed E-state index contributed by atoms with van der Waals surface area (Å²) in [6.07, 6.45) is -0.684. The van der Waals surface area contributed by atoms with Gasteiger partial charge in [-0.15, -0.1) is 0 Å². The van der Waals surface area contributed by atoms with Crippen molar-refractivity contribution in [3.05, 3.63) is 47.5 Å². The van der Waals surface area contributed by atoms with Gasteiger partial charge in [-0.25, -0.2) is 4.98 Å². The van der Waals surface area contributed by atoms with Crippen molar-refractivity contribution in [1.29, 1.82) is 0 Å². The summed E-state index contributed by atoms with van der Waals surface area (Å²) in [5.74, 6) is 1.81. The number of aliphatic hydroxyl groups is 1. The van der Waals surface area contributed by atoms with Gasteiger partial charge in [-0.1, -0.05) is 17.8 Å². The lowest BCUT2D eigenvalue weighted by atomic mass is 10.1. The molecule has 1 N–H and O–H groups in total. The minimum atomic E-state index is -0.684. The Morgan fingerprint density at radius 3 is 2.68 bits per heavy atom. The predicted octanol–water partition coefficient (Wildman–Crippen LogP) is 3.72. The number of aliphatic hydroxyl groups excluding tert-OH is 1. The fourth-order valence-electron chi connectivity index (χ4n) is 2.76. The van der Waals surface area contributed by atoms with Crippen LogP contribution in [0.1, 0.15) is 17.2 Å². The fourth-order valence-corrected chi connectivity index (χ4v) is 3.70. The van der Waals surface area contributed by atoms with E-state index < -0.39 is 6.10 Å². The zero-order valence-electron chi connectivity index (χ0n) is 14.8. The molecule has 0 fully saturated rings. The third-order valence-electron chi connectivity index (χ3n) is 4.16. The summed E-state index contributed by atoms with van der Waals surface area (Å²) in [5, 5.41) is 11.5. The summed E-state index contributed by atoms with van der Waals surface area (Å²) in [6, 6.07) is 11.6. The predicted molar refractivity (Wildman–Crippen MR) is 101 cm³/mol. The number of hydrogen-bond donors (Lipinski definition) is 1. The highest BCUT2D eigenvalue weighted by Crippen LogP contribution is 2.33.